The van der Waals surface area contributed by atoms with Gasteiger partial charge in [0.05, 0.1) is 6.66 Å². The maximum atomic E-state index is 11.2. The van der Waals surface area contributed by atoms with Gasteiger partial charge in [0.15, 0.2) is 11.5 Å². The van der Waals surface area contributed by atoms with Gasteiger partial charge in [-0.1, -0.05) is 19.6 Å². The summed E-state index contributed by atoms with van der Waals surface area (Å²) in [6.45, 7) is 1.45. The normalized spacial score (nSPS) is 16.8. The monoisotopic (exact) mass is 186 g/mol. The average Bonchev–Trinajstić information content (AvgIpc) is 2.21. The lowest BCUT2D eigenvalue weighted by Gasteiger charge is -2.00. The molecule has 0 aliphatic carbocycles. The average molecular weight is 186 g/mol. The second-order valence-electron chi connectivity index (χ2n) is 2.40. The van der Waals surface area contributed by atoms with Gasteiger partial charge in [0, 0.05) is 0 Å². The first-order valence-corrected chi connectivity index (χ1v) is 5.22. The van der Waals surface area contributed by atoms with Crippen LogP contribution in [-0.2, 0) is 4.57 Å². The van der Waals surface area contributed by atoms with Crippen molar-refractivity contribution in [3.63, 3.8) is 0 Å². The summed E-state index contributed by atoms with van der Waals surface area (Å²) in [5.74, 6) is 1.14. The van der Waals surface area contributed by atoms with Gasteiger partial charge >= 0.3 is 7.60 Å². The van der Waals surface area contributed by atoms with Crippen molar-refractivity contribution in [3.05, 3.63) is 24.3 Å². The number of fused-ring (bicyclic) bond motifs is 1. The number of hydrogen-bond acceptors (Lipinski definition) is 3. The Morgan fingerprint density at radius 2 is 1.58 bits per heavy atom. The fourth-order valence-corrected chi connectivity index (χ4v) is 2.03. The Labute approximate surface area is 71.9 Å². The molecule has 3 nitrogen and oxygen atoms in total. The van der Waals surface area contributed by atoms with Gasteiger partial charge in [0.2, 0.25) is 0 Å². The summed E-state index contributed by atoms with van der Waals surface area (Å²) in [5, 5.41) is 0. The number of benzene rings is 1. The minimum atomic E-state index is -2.83. The third-order valence-corrected chi connectivity index (χ3v) is 2.43. The van der Waals surface area contributed by atoms with Crippen LogP contribution in [0.3, 0.4) is 0 Å². The summed E-state index contributed by atoms with van der Waals surface area (Å²) < 4.78 is 21.3. The van der Waals surface area contributed by atoms with Crippen LogP contribution in [0, 0.1) is 0 Å². The highest BCUT2D eigenvalue weighted by Crippen LogP contribution is 2.55. The summed E-state index contributed by atoms with van der Waals surface area (Å²) in [7, 11) is -2.83. The lowest BCUT2D eigenvalue weighted by Crippen LogP contribution is -1.86. The Balaban J connectivity index is 0.000000720. The Morgan fingerprint density at radius 3 is 2.00 bits per heavy atom. The molecule has 66 valence electrons. The van der Waals surface area contributed by atoms with Gasteiger partial charge in [-0.3, -0.25) is 0 Å². The molecule has 0 saturated carbocycles. The smallest absolute Gasteiger partial charge is 0.412 e. The first-order chi connectivity index (χ1) is 5.17. The van der Waals surface area contributed by atoms with Gasteiger partial charge in [0.1, 0.15) is 0 Å². The van der Waals surface area contributed by atoms with Crippen LogP contribution in [0.5, 0.6) is 11.5 Å². The minimum Gasteiger partial charge on any atom is -0.412 e. The predicted molar refractivity (Wildman–Crippen MR) is 48.0 cm³/mol. The summed E-state index contributed by atoms with van der Waals surface area (Å²) >= 11 is 0. The van der Waals surface area contributed by atoms with E-state index < -0.39 is 7.60 Å². The first-order valence-electron chi connectivity index (χ1n) is 3.23. The first kappa shape index (κ1) is 9.14. The molecule has 0 fully saturated rings. The van der Waals surface area contributed by atoms with Crippen molar-refractivity contribution in [1.82, 2.24) is 0 Å². The molecule has 0 atom stereocenters. The van der Waals surface area contributed by atoms with Crippen LogP contribution < -0.4 is 9.05 Å². The Bertz CT molecular complexity index is 306. The third-order valence-electron chi connectivity index (χ3n) is 1.38. The molecule has 1 aromatic carbocycles. The molecule has 4 heteroatoms. The zero-order valence-corrected chi connectivity index (χ0v) is 6.88. The lowest BCUT2D eigenvalue weighted by molar-refractivity contribution is 0.439. The van der Waals surface area contributed by atoms with Gasteiger partial charge in [0.25, 0.3) is 0 Å². The second kappa shape index (κ2) is 2.83. The summed E-state index contributed by atoms with van der Waals surface area (Å²) in [6, 6.07) is 7.10. The molecule has 0 unspecified atom stereocenters. The predicted octanol–water partition coefficient (Wildman–Crippen LogP) is 2.92. The Kier molecular flexibility index (Phi) is 2.16. The molecule has 0 spiro atoms. The highest BCUT2D eigenvalue weighted by molar-refractivity contribution is 7.54. The van der Waals surface area contributed by atoms with Crippen LogP contribution in [0.4, 0.5) is 0 Å². The van der Waals surface area contributed by atoms with Gasteiger partial charge in [-0.15, -0.1) is 0 Å². The molecule has 1 aliphatic heterocycles. The van der Waals surface area contributed by atoms with Crippen molar-refractivity contribution in [3.8, 4) is 11.5 Å². The van der Waals surface area contributed by atoms with Crippen molar-refractivity contribution in [2.75, 3.05) is 6.66 Å². The van der Waals surface area contributed by atoms with Crippen molar-refractivity contribution in [2.45, 2.75) is 7.43 Å². The minimum absolute atomic E-state index is 0. The van der Waals surface area contributed by atoms with Crippen molar-refractivity contribution in [1.29, 1.82) is 0 Å². The second-order valence-corrected chi connectivity index (χ2v) is 4.31. The van der Waals surface area contributed by atoms with Crippen LogP contribution in [-0.4, -0.2) is 6.66 Å². The van der Waals surface area contributed by atoms with Crippen molar-refractivity contribution >= 4 is 7.60 Å². The molecule has 1 aromatic rings. The Morgan fingerprint density at radius 1 is 1.17 bits per heavy atom. The molecule has 2 rings (SSSR count). The molecule has 0 N–H and O–H groups in total. The number of para-hydroxylation sites is 2. The highest BCUT2D eigenvalue weighted by atomic mass is 31.2. The fourth-order valence-electron chi connectivity index (χ4n) is 0.977. The topological polar surface area (TPSA) is 35.5 Å². The maximum absolute atomic E-state index is 11.2. The zero-order valence-electron chi connectivity index (χ0n) is 5.98. The van der Waals surface area contributed by atoms with Crippen LogP contribution in [0.15, 0.2) is 24.3 Å². The van der Waals surface area contributed by atoms with E-state index in [4.69, 9.17) is 9.05 Å². The molecule has 0 radical (unpaired) electrons. The largest absolute Gasteiger partial charge is 0.427 e. The third kappa shape index (κ3) is 1.46. The summed E-state index contributed by atoms with van der Waals surface area (Å²) in [5.41, 5.74) is 0. The van der Waals surface area contributed by atoms with Crippen molar-refractivity contribution < 1.29 is 13.6 Å². The van der Waals surface area contributed by atoms with Gasteiger partial charge < -0.3 is 9.05 Å². The van der Waals surface area contributed by atoms with E-state index in [1.165, 1.54) is 6.66 Å². The molecule has 12 heavy (non-hydrogen) atoms. The molecular formula is C8H11O3P. The molecule has 0 aromatic heterocycles. The highest BCUT2D eigenvalue weighted by Gasteiger charge is 2.30. The Hall–Kier alpha value is -0.950. The lowest BCUT2D eigenvalue weighted by atomic mass is 10.3. The number of rotatable bonds is 0. The van der Waals surface area contributed by atoms with Gasteiger partial charge in [-0.2, -0.15) is 0 Å². The van der Waals surface area contributed by atoms with Crippen LogP contribution >= 0.6 is 7.60 Å². The zero-order chi connectivity index (χ0) is 7.90. The maximum Gasteiger partial charge on any atom is 0.427 e. The van der Waals surface area contributed by atoms with E-state index in [-0.39, 0.29) is 7.43 Å². The van der Waals surface area contributed by atoms with Gasteiger partial charge in [-0.05, 0) is 12.1 Å². The van der Waals surface area contributed by atoms with Crippen LogP contribution in [0.25, 0.3) is 0 Å². The van der Waals surface area contributed by atoms with E-state index >= 15 is 0 Å². The summed E-state index contributed by atoms with van der Waals surface area (Å²) in [6.07, 6.45) is 0. The standard InChI is InChI=1S/C7H7O3P.CH4/c1-11(8)9-6-4-2-3-5-7(6)10-11;/h2-5H,1H3;1H4. The molecule has 0 saturated heterocycles. The van der Waals surface area contributed by atoms with Crippen LogP contribution in [0.1, 0.15) is 7.43 Å². The van der Waals surface area contributed by atoms with E-state index in [0.717, 1.165) is 0 Å². The van der Waals surface area contributed by atoms with E-state index in [9.17, 15) is 4.57 Å². The molecular weight excluding hydrogens is 175 g/mol. The molecule has 1 heterocycles. The van der Waals surface area contributed by atoms with Crippen LogP contribution in [0.2, 0.25) is 0 Å². The van der Waals surface area contributed by atoms with Crippen molar-refractivity contribution in [2.24, 2.45) is 0 Å². The fraction of sp³-hybridized carbons (Fsp3) is 0.250. The SMILES string of the molecule is C.CP1(=O)Oc2ccccc2O1. The van der Waals surface area contributed by atoms with E-state index in [1.807, 2.05) is 12.1 Å². The van der Waals surface area contributed by atoms with E-state index in [1.54, 1.807) is 12.1 Å². The molecule has 0 bridgehead atoms. The van der Waals surface area contributed by atoms with E-state index in [0.29, 0.717) is 11.5 Å². The molecule has 0 amide bonds. The van der Waals surface area contributed by atoms with Gasteiger partial charge in [-0.25, -0.2) is 4.57 Å². The quantitative estimate of drug-likeness (QED) is 0.584. The summed E-state index contributed by atoms with van der Waals surface area (Å²) in [4.78, 5) is 0. The number of hydrogen-bond donors (Lipinski definition) is 0. The van der Waals surface area contributed by atoms with E-state index in [2.05, 4.69) is 0 Å². The molecule has 1 aliphatic rings.